The van der Waals surface area contributed by atoms with Gasteiger partial charge in [0, 0.05) is 42.5 Å². The third-order valence-electron chi connectivity index (χ3n) is 7.24. The van der Waals surface area contributed by atoms with Crippen LogP contribution in [0.25, 0.3) is 11.1 Å². The Labute approximate surface area is 258 Å². The summed E-state index contributed by atoms with van der Waals surface area (Å²) >= 11 is 5.66. The van der Waals surface area contributed by atoms with E-state index in [4.69, 9.17) is 11.6 Å². The molecule has 1 saturated heterocycles. The van der Waals surface area contributed by atoms with Crippen LogP contribution in [-0.2, 0) is 21.2 Å². The minimum Gasteiger partial charge on any atom is -0.406 e. The molecule has 0 aliphatic carbocycles. The second-order valence-corrected chi connectivity index (χ2v) is 12.3. The SMILES string of the molecule is O=C1CCCN1c1cc(S(=O)(=O)Nc2c(F)cc(Cl)cc2F)cc2c1N(c1ncc(-c3ccc(OC(F)(F)F)cc3)cn1)CC2. The van der Waals surface area contributed by atoms with Crippen LogP contribution in [0.3, 0.4) is 0 Å². The Bertz CT molecular complexity index is 1890. The van der Waals surface area contributed by atoms with Crippen LogP contribution in [-0.4, -0.2) is 43.7 Å². The maximum Gasteiger partial charge on any atom is 0.573 e. The average molecular weight is 666 g/mol. The van der Waals surface area contributed by atoms with E-state index in [1.165, 1.54) is 53.7 Å². The lowest BCUT2D eigenvalue weighted by atomic mass is 10.1. The number of carbonyl (C=O) groups excluding carboxylic acids is 1. The van der Waals surface area contributed by atoms with E-state index in [-0.39, 0.29) is 39.6 Å². The minimum absolute atomic E-state index is 0.226. The van der Waals surface area contributed by atoms with Crippen molar-refractivity contribution < 1.29 is 39.9 Å². The second-order valence-electron chi connectivity index (χ2n) is 10.2. The molecule has 234 valence electrons. The number of rotatable bonds is 7. The van der Waals surface area contributed by atoms with Gasteiger partial charge in [0.15, 0.2) is 11.6 Å². The van der Waals surface area contributed by atoms with Crippen LogP contribution in [0.5, 0.6) is 5.75 Å². The Morgan fingerprint density at radius 1 is 0.889 bits per heavy atom. The average Bonchev–Trinajstić information content (AvgIpc) is 3.60. The van der Waals surface area contributed by atoms with Crippen molar-refractivity contribution in [3.63, 3.8) is 0 Å². The first-order valence-corrected chi connectivity index (χ1v) is 15.3. The van der Waals surface area contributed by atoms with Crippen molar-refractivity contribution in [1.29, 1.82) is 0 Å². The van der Waals surface area contributed by atoms with E-state index in [0.29, 0.717) is 48.3 Å². The monoisotopic (exact) mass is 665 g/mol. The summed E-state index contributed by atoms with van der Waals surface area (Å²) < 4.78 is 98.9. The van der Waals surface area contributed by atoms with E-state index >= 15 is 0 Å². The Morgan fingerprint density at radius 2 is 1.56 bits per heavy atom. The Kier molecular flexibility index (Phi) is 7.77. The molecule has 2 aliphatic heterocycles. The lowest BCUT2D eigenvalue weighted by Gasteiger charge is -2.26. The highest BCUT2D eigenvalue weighted by atomic mass is 35.5. The van der Waals surface area contributed by atoms with E-state index < -0.39 is 33.7 Å². The molecule has 1 aromatic heterocycles. The molecule has 3 aromatic carbocycles. The van der Waals surface area contributed by atoms with Gasteiger partial charge in [0.1, 0.15) is 11.4 Å². The summed E-state index contributed by atoms with van der Waals surface area (Å²) in [6.07, 6.45) is -0.712. The molecule has 0 spiro atoms. The molecule has 0 atom stereocenters. The van der Waals surface area contributed by atoms with Gasteiger partial charge in [-0.2, -0.15) is 0 Å². The lowest BCUT2D eigenvalue weighted by Crippen LogP contribution is -2.27. The predicted octanol–water partition coefficient (Wildman–Crippen LogP) is 6.60. The first kappa shape index (κ1) is 30.5. The summed E-state index contributed by atoms with van der Waals surface area (Å²) in [6.45, 7) is 0.648. The molecule has 0 unspecified atom stereocenters. The first-order valence-electron chi connectivity index (χ1n) is 13.4. The quantitative estimate of drug-likeness (QED) is 0.222. The largest absolute Gasteiger partial charge is 0.573 e. The molecule has 45 heavy (non-hydrogen) atoms. The van der Waals surface area contributed by atoms with E-state index in [9.17, 15) is 35.2 Å². The third kappa shape index (κ3) is 6.22. The molecule has 1 fully saturated rings. The van der Waals surface area contributed by atoms with Gasteiger partial charge in [0.25, 0.3) is 10.0 Å². The smallest absolute Gasteiger partial charge is 0.406 e. The number of aromatic nitrogens is 2. The highest BCUT2D eigenvalue weighted by molar-refractivity contribution is 7.92. The van der Waals surface area contributed by atoms with Crippen LogP contribution in [0.2, 0.25) is 5.02 Å². The molecular weight excluding hydrogens is 645 g/mol. The van der Waals surface area contributed by atoms with Crippen LogP contribution >= 0.6 is 11.6 Å². The van der Waals surface area contributed by atoms with Gasteiger partial charge in [-0.3, -0.25) is 9.52 Å². The topological polar surface area (TPSA) is 105 Å². The highest BCUT2D eigenvalue weighted by Gasteiger charge is 2.35. The van der Waals surface area contributed by atoms with Crippen molar-refractivity contribution in [3.05, 3.63) is 83.1 Å². The van der Waals surface area contributed by atoms with E-state index in [1.54, 1.807) is 4.90 Å². The van der Waals surface area contributed by atoms with Crippen molar-refractivity contribution in [1.82, 2.24) is 9.97 Å². The van der Waals surface area contributed by atoms with Crippen LogP contribution in [0.15, 0.2) is 65.8 Å². The zero-order valence-electron chi connectivity index (χ0n) is 22.9. The van der Waals surface area contributed by atoms with Crippen LogP contribution < -0.4 is 19.3 Å². The van der Waals surface area contributed by atoms with Crippen molar-refractivity contribution in [2.24, 2.45) is 0 Å². The fourth-order valence-corrected chi connectivity index (χ4v) is 6.59. The standard InChI is InChI=1S/C29H21ClF5N5O4S/c30-19-11-22(31)26(23(32)12-19)38-45(42,43)21-10-17-7-9-40(27(17)24(13-21)39-8-1-2-25(39)41)28-36-14-18(15-37-28)16-3-5-20(6-4-16)44-29(33,34)35/h3-6,10-15,38H,1-2,7-9H2. The first-order chi connectivity index (χ1) is 21.3. The molecule has 6 rings (SSSR count). The van der Waals surface area contributed by atoms with Gasteiger partial charge in [-0.15, -0.1) is 13.2 Å². The minimum atomic E-state index is -4.81. The fourth-order valence-electron chi connectivity index (χ4n) is 5.25. The number of nitrogens with one attached hydrogen (secondary N) is 1. The Balaban J connectivity index is 1.34. The third-order valence-corrected chi connectivity index (χ3v) is 8.78. The molecule has 3 heterocycles. The van der Waals surface area contributed by atoms with Crippen molar-refractivity contribution in [3.8, 4) is 16.9 Å². The van der Waals surface area contributed by atoms with E-state index in [1.807, 2.05) is 4.72 Å². The molecular formula is C29H21ClF5N5O4S. The number of ether oxygens (including phenoxy) is 1. The van der Waals surface area contributed by atoms with Crippen LogP contribution in [0.1, 0.15) is 18.4 Å². The van der Waals surface area contributed by atoms with E-state index in [2.05, 4.69) is 14.7 Å². The molecule has 4 aromatic rings. The van der Waals surface area contributed by atoms with Gasteiger partial charge in [-0.25, -0.2) is 27.2 Å². The zero-order valence-corrected chi connectivity index (χ0v) is 24.5. The maximum atomic E-state index is 14.4. The van der Waals surface area contributed by atoms with Crippen molar-refractivity contribution in [2.75, 3.05) is 27.6 Å². The summed E-state index contributed by atoms with van der Waals surface area (Å²) in [5.74, 6) is -2.76. The number of alkyl halides is 3. The maximum absolute atomic E-state index is 14.4. The van der Waals surface area contributed by atoms with Crippen molar-refractivity contribution in [2.45, 2.75) is 30.5 Å². The molecule has 0 bridgehead atoms. The Hall–Kier alpha value is -4.50. The number of anilines is 4. The summed E-state index contributed by atoms with van der Waals surface area (Å²) in [5, 5.41) is -0.246. The molecule has 0 saturated carbocycles. The molecule has 16 heteroatoms. The number of hydrogen-bond acceptors (Lipinski definition) is 7. The number of sulfonamides is 1. The van der Waals surface area contributed by atoms with E-state index in [0.717, 1.165) is 12.1 Å². The second kappa shape index (κ2) is 11.5. The van der Waals surface area contributed by atoms with Gasteiger partial charge in [-0.05, 0) is 60.4 Å². The highest BCUT2D eigenvalue weighted by Crippen LogP contribution is 2.44. The number of fused-ring (bicyclic) bond motifs is 1. The summed E-state index contributed by atoms with van der Waals surface area (Å²) in [6, 6.07) is 9.39. The lowest BCUT2D eigenvalue weighted by molar-refractivity contribution is -0.274. The number of amides is 1. The van der Waals surface area contributed by atoms with Crippen LogP contribution in [0.4, 0.5) is 45.0 Å². The van der Waals surface area contributed by atoms with Crippen molar-refractivity contribution >= 4 is 50.5 Å². The fraction of sp³-hybridized carbons (Fsp3) is 0.207. The normalized spacial score (nSPS) is 15.0. The number of nitrogens with zero attached hydrogens (tertiary/aromatic N) is 4. The van der Waals surface area contributed by atoms with Gasteiger partial charge < -0.3 is 14.5 Å². The number of carbonyl (C=O) groups is 1. The summed E-state index contributed by atoms with van der Waals surface area (Å²) in [5.41, 5.74) is 1.49. The number of benzene rings is 3. The molecule has 1 N–H and O–H groups in total. The summed E-state index contributed by atoms with van der Waals surface area (Å²) in [4.78, 5) is 24.6. The number of hydrogen-bond donors (Lipinski definition) is 1. The summed E-state index contributed by atoms with van der Waals surface area (Å²) in [7, 11) is -4.53. The molecule has 1 amide bonds. The zero-order chi connectivity index (χ0) is 32.1. The predicted molar refractivity (Wildman–Crippen MR) is 155 cm³/mol. The van der Waals surface area contributed by atoms with Gasteiger partial charge >= 0.3 is 6.36 Å². The molecule has 9 nitrogen and oxygen atoms in total. The van der Waals surface area contributed by atoms with Gasteiger partial charge in [0.2, 0.25) is 11.9 Å². The van der Waals surface area contributed by atoms with Gasteiger partial charge in [-0.1, -0.05) is 23.7 Å². The van der Waals surface area contributed by atoms with Crippen LogP contribution in [0, 0.1) is 11.6 Å². The Morgan fingerprint density at radius 3 is 2.16 bits per heavy atom. The molecule has 2 aliphatic rings. The van der Waals surface area contributed by atoms with Gasteiger partial charge in [0.05, 0.1) is 16.3 Å². The molecule has 0 radical (unpaired) electrons. The number of halogens is 6.